The summed E-state index contributed by atoms with van der Waals surface area (Å²) < 4.78 is 125. The molecular formula is C31H35F9N6O3. The van der Waals surface area contributed by atoms with Crippen LogP contribution in [0.3, 0.4) is 0 Å². The fraction of sp³-hybridized carbons (Fsp3) is 0.548. The lowest BCUT2D eigenvalue weighted by Gasteiger charge is -2.27. The molecule has 1 heterocycles. The molecule has 0 unspecified atom stereocenters. The molecule has 1 aliphatic rings. The summed E-state index contributed by atoms with van der Waals surface area (Å²) in [6.07, 6.45) is -10.6. The molecule has 1 saturated carbocycles. The number of aliphatic carboxylic acids is 1. The molecular weight excluding hydrogens is 675 g/mol. The van der Waals surface area contributed by atoms with Gasteiger partial charge in [0.05, 0.1) is 18.2 Å². The molecule has 1 fully saturated rings. The van der Waals surface area contributed by atoms with Gasteiger partial charge in [-0.2, -0.15) is 31.1 Å². The second kappa shape index (κ2) is 15.6. The number of nitrogens with zero attached hydrogens (tertiary/aromatic N) is 5. The maximum atomic E-state index is 13.6. The lowest BCUT2D eigenvalue weighted by molar-refractivity contribution is -0.274. The van der Waals surface area contributed by atoms with E-state index in [1.165, 1.54) is 18.0 Å². The van der Waals surface area contributed by atoms with Crippen LogP contribution in [-0.2, 0) is 43.7 Å². The molecule has 2 N–H and O–H groups in total. The lowest BCUT2D eigenvalue weighted by atomic mass is 9.80. The van der Waals surface area contributed by atoms with Gasteiger partial charge in [0, 0.05) is 19.5 Å². The Hall–Kier alpha value is -4.09. The van der Waals surface area contributed by atoms with E-state index in [0.29, 0.717) is 49.5 Å². The van der Waals surface area contributed by atoms with Crippen LogP contribution in [0.4, 0.5) is 45.5 Å². The van der Waals surface area contributed by atoms with E-state index < -0.39 is 48.1 Å². The minimum absolute atomic E-state index is 0.00293. The van der Waals surface area contributed by atoms with Gasteiger partial charge in [-0.25, -0.2) is 0 Å². The van der Waals surface area contributed by atoms with E-state index in [2.05, 4.69) is 25.5 Å². The average molecular weight is 711 g/mol. The number of benzene rings is 2. The first kappa shape index (κ1) is 37.7. The molecule has 0 atom stereocenters. The molecule has 0 bridgehead atoms. The maximum Gasteiger partial charge on any atom is 0.573 e. The highest BCUT2D eigenvalue weighted by molar-refractivity contribution is 5.67. The highest BCUT2D eigenvalue weighted by atomic mass is 19.4. The average Bonchev–Trinajstić information content (AvgIpc) is 3.42. The standard InChI is InChI=1S/C31H35F9N6O3/c1-45-43-28(42-44-45)46(17-21-11-24(29(32,33)34)15-25(12-21)30(35,36)37)18-23-14-26(49-31(38,39)40)9-8-22(23)3-2-10-41-16-20-6-4-19(5-7-20)13-27(47)48/h8-9,11-12,14-15,19-20,41H,2-7,10,13,16-18H2,1H3,(H,47,48). The molecule has 3 aromatic rings. The summed E-state index contributed by atoms with van der Waals surface area (Å²) in [5, 5.41) is 23.9. The zero-order valence-electron chi connectivity index (χ0n) is 26.3. The number of rotatable bonds is 14. The predicted octanol–water partition coefficient (Wildman–Crippen LogP) is 7.16. The molecule has 0 radical (unpaired) electrons. The van der Waals surface area contributed by atoms with Gasteiger partial charge in [0.25, 0.3) is 5.95 Å². The SMILES string of the molecule is Cn1nnc(N(Cc2cc(C(F)(F)F)cc(C(F)(F)F)c2)Cc2cc(OC(F)(F)F)ccc2CCCNCC2CCC(CC(=O)O)CC2)n1. The van der Waals surface area contributed by atoms with E-state index in [1.807, 2.05) is 0 Å². The van der Waals surface area contributed by atoms with Crippen LogP contribution in [0.1, 0.15) is 66.3 Å². The summed E-state index contributed by atoms with van der Waals surface area (Å²) in [6, 6.07) is 4.79. The van der Waals surface area contributed by atoms with Crippen molar-refractivity contribution < 1.29 is 54.2 Å². The second-order valence-electron chi connectivity index (χ2n) is 12.1. The van der Waals surface area contributed by atoms with Crippen molar-refractivity contribution in [2.24, 2.45) is 18.9 Å². The fourth-order valence-electron chi connectivity index (χ4n) is 5.92. The van der Waals surface area contributed by atoms with Crippen LogP contribution >= 0.6 is 0 Å². The van der Waals surface area contributed by atoms with Crippen molar-refractivity contribution in [2.45, 2.75) is 76.8 Å². The largest absolute Gasteiger partial charge is 0.573 e. The van der Waals surface area contributed by atoms with Gasteiger partial charge in [-0.3, -0.25) is 4.79 Å². The van der Waals surface area contributed by atoms with Crippen molar-refractivity contribution in [2.75, 3.05) is 18.0 Å². The number of carbonyl (C=O) groups is 1. The molecule has 49 heavy (non-hydrogen) atoms. The molecule has 270 valence electrons. The first-order valence-electron chi connectivity index (χ1n) is 15.4. The number of carboxylic acids is 1. The normalized spacial score (nSPS) is 17.3. The van der Waals surface area contributed by atoms with Crippen LogP contribution in [0.5, 0.6) is 5.75 Å². The number of alkyl halides is 9. The zero-order chi connectivity index (χ0) is 36.0. The number of tetrazole rings is 1. The van der Waals surface area contributed by atoms with E-state index in [0.717, 1.165) is 42.6 Å². The van der Waals surface area contributed by atoms with Crippen molar-refractivity contribution in [3.63, 3.8) is 0 Å². The number of aromatic nitrogens is 4. The molecule has 2 aromatic carbocycles. The Morgan fingerprint density at radius 1 is 0.918 bits per heavy atom. The molecule has 9 nitrogen and oxygen atoms in total. The third-order valence-corrected chi connectivity index (χ3v) is 8.24. The van der Waals surface area contributed by atoms with Gasteiger partial charge in [-0.05, 0) is 116 Å². The summed E-state index contributed by atoms with van der Waals surface area (Å²) in [4.78, 5) is 13.2. The topological polar surface area (TPSA) is 105 Å². The summed E-state index contributed by atoms with van der Waals surface area (Å²) in [5.74, 6) is -0.981. The van der Waals surface area contributed by atoms with Gasteiger partial charge in [-0.1, -0.05) is 11.2 Å². The van der Waals surface area contributed by atoms with Gasteiger partial charge >= 0.3 is 24.7 Å². The van der Waals surface area contributed by atoms with Crippen molar-refractivity contribution >= 4 is 11.9 Å². The van der Waals surface area contributed by atoms with Crippen LogP contribution in [-0.4, -0.2) is 50.7 Å². The third kappa shape index (κ3) is 11.8. The maximum absolute atomic E-state index is 13.6. The van der Waals surface area contributed by atoms with Crippen molar-refractivity contribution in [3.05, 3.63) is 64.2 Å². The smallest absolute Gasteiger partial charge is 0.481 e. The number of halogens is 9. The zero-order valence-corrected chi connectivity index (χ0v) is 26.3. The Morgan fingerprint density at radius 3 is 2.10 bits per heavy atom. The number of nitrogens with one attached hydrogen (secondary N) is 1. The van der Waals surface area contributed by atoms with Crippen LogP contribution in [0.2, 0.25) is 0 Å². The van der Waals surface area contributed by atoms with Crippen LogP contribution in [0, 0.1) is 11.8 Å². The summed E-state index contributed by atoms with van der Waals surface area (Å²) in [7, 11) is 1.39. The van der Waals surface area contributed by atoms with E-state index in [9.17, 15) is 44.3 Å². The molecule has 1 aliphatic carbocycles. The second-order valence-corrected chi connectivity index (χ2v) is 12.1. The number of ether oxygens (including phenoxy) is 1. The van der Waals surface area contributed by atoms with Gasteiger partial charge in [-0.15, -0.1) is 18.3 Å². The first-order chi connectivity index (χ1) is 22.9. The van der Waals surface area contributed by atoms with Crippen LogP contribution in [0.25, 0.3) is 0 Å². The Labute approximate surface area is 275 Å². The van der Waals surface area contributed by atoms with Crippen molar-refractivity contribution in [3.8, 4) is 5.75 Å². The van der Waals surface area contributed by atoms with E-state index in [1.54, 1.807) is 0 Å². The number of hydrogen-bond acceptors (Lipinski definition) is 7. The summed E-state index contributed by atoms with van der Waals surface area (Å²) in [6.45, 7) is 0.392. The molecule has 18 heteroatoms. The number of carboxylic acid groups (broad SMARTS) is 1. The Kier molecular flexibility index (Phi) is 12.0. The van der Waals surface area contributed by atoms with E-state index in [-0.39, 0.29) is 42.0 Å². The predicted molar refractivity (Wildman–Crippen MR) is 157 cm³/mol. The van der Waals surface area contributed by atoms with E-state index in [4.69, 9.17) is 5.11 Å². The molecule has 4 rings (SSSR count). The molecule has 0 saturated heterocycles. The van der Waals surface area contributed by atoms with Crippen molar-refractivity contribution in [1.82, 2.24) is 25.5 Å². The molecule has 0 spiro atoms. The highest BCUT2D eigenvalue weighted by Crippen LogP contribution is 2.37. The highest BCUT2D eigenvalue weighted by Gasteiger charge is 2.37. The molecule has 0 aliphatic heterocycles. The minimum atomic E-state index is -5.09. The van der Waals surface area contributed by atoms with E-state index >= 15 is 0 Å². The fourth-order valence-corrected chi connectivity index (χ4v) is 5.92. The van der Waals surface area contributed by atoms with Crippen LogP contribution in [0.15, 0.2) is 36.4 Å². The van der Waals surface area contributed by atoms with Crippen molar-refractivity contribution in [1.29, 1.82) is 0 Å². The Balaban J connectivity index is 1.53. The third-order valence-electron chi connectivity index (χ3n) is 8.24. The lowest BCUT2D eigenvalue weighted by Crippen LogP contribution is -2.28. The number of hydrogen-bond donors (Lipinski definition) is 2. The Morgan fingerprint density at radius 2 is 1.55 bits per heavy atom. The molecule has 1 aromatic heterocycles. The number of anilines is 1. The monoisotopic (exact) mass is 710 g/mol. The van der Waals surface area contributed by atoms with Crippen LogP contribution < -0.4 is 15.0 Å². The van der Waals surface area contributed by atoms with Gasteiger partial charge < -0.3 is 20.1 Å². The quantitative estimate of drug-likeness (QED) is 0.134. The Bertz CT molecular complexity index is 1520. The first-order valence-corrected chi connectivity index (χ1v) is 15.4. The number of aryl methyl sites for hydroxylation is 2. The summed E-state index contributed by atoms with van der Waals surface area (Å²) >= 11 is 0. The van der Waals surface area contributed by atoms with Gasteiger partial charge in [0.2, 0.25) is 0 Å². The minimum Gasteiger partial charge on any atom is -0.481 e. The van der Waals surface area contributed by atoms with Gasteiger partial charge in [0.15, 0.2) is 0 Å². The van der Waals surface area contributed by atoms with Gasteiger partial charge in [0.1, 0.15) is 5.75 Å². The molecule has 0 amide bonds. The summed E-state index contributed by atoms with van der Waals surface area (Å²) in [5.41, 5.74) is -2.61.